The maximum atomic E-state index is 14.4. The van der Waals surface area contributed by atoms with Gasteiger partial charge in [0.15, 0.2) is 5.65 Å². The summed E-state index contributed by atoms with van der Waals surface area (Å²) >= 11 is 0. The molecular formula is C18H16F2N4O2. The highest BCUT2D eigenvalue weighted by atomic mass is 19.1. The standard InChI is InChI=1S/C18H16F2N4O2/c1-2-26-13-5-3-4-11(19)15(13)16-9-6-7-14(21-17(9)24-23-16)22-18(25)10-8-12(10)20/h3-7,10,12H,2,8H2,1H3,(H2,21,22,23,24,25)/t10-,12+/m1/s1. The summed E-state index contributed by atoms with van der Waals surface area (Å²) in [4.78, 5) is 16.1. The highest BCUT2D eigenvalue weighted by Crippen LogP contribution is 2.36. The Labute approximate surface area is 147 Å². The summed E-state index contributed by atoms with van der Waals surface area (Å²) in [6.45, 7) is 2.21. The Morgan fingerprint density at radius 2 is 2.19 bits per heavy atom. The lowest BCUT2D eigenvalue weighted by molar-refractivity contribution is -0.117. The van der Waals surface area contributed by atoms with Gasteiger partial charge in [-0.15, -0.1) is 0 Å². The molecule has 2 atom stereocenters. The van der Waals surface area contributed by atoms with Gasteiger partial charge in [-0.05, 0) is 37.6 Å². The SMILES string of the molecule is CCOc1cccc(F)c1-c1[nH]nc2nc(NC(=O)[C@@H]3C[C@@H]3F)ccc12. The van der Waals surface area contributed by atoms with Crippen LogP contribution >= 0.6 is 0 Å². The molecule has 3 aromatic rings. The summed E-state index contributed by atoms with van der Waals surface area (Å²) in [7, 11) is 0. The van der Waals surface area contributed by atoms with Crippen molar-refractivity contribution >= 4 is 22.8 Å². The first-order valence-corrected chi connectivity index (χ1v) is 8.30. The Balaban J connectivity index is 1.69. The third-order valence-corrected chi connectivity index (χ3v) is 4.24. The third kappa shape index (κ3) is 2.87. The first-order valence-electron chi connectivity index (χ1n) is 8.30. The van der Waals surface area contributed by atoms with Crippen molar-refractivity contribution in [2.24, 2.45) is 5.92 Å². The number of alkyl halides is 1. The highest BCUT2D eigenvalue weighted by molar-refractivity contribution is 5.97. The van der Waals surface area contributed by atoms with Crippen molar-refractivity contribution in [3.05, 3.63) is 36.1 Å². The predicted molar refractivity (Wildman–Crippen MR) is 92.1 cm³/mol. The van der Waals surface area contributed by atoms with E-state index < -0.39 is 23.8 Å². The minimum atomic E-state index is -1.08. The molecule has 0 unspecified atom stereocenters. The number of aromatic amines is 1. The number of amides is 1. The minimum absolute atomic E-state index is 0.244. The van der Waals surface area contributed by atoms with Gasteiger partial charge in [-0.25, -0.2) is 13.8 Å². The molecule has 0 bridgehead atoms. The fraction of sp³-hybridized carbons (Fsp3) is 0.278. The van der Waals surface area contributed by atoms with Crippen molar-refractivity contribution in [3.63, 3.8) is 0 Å². The molecule has 4 rings (SSSR count). The lowest BCUT2D eigenvalue weighted by Gasteiger charge is -2.10. The van der Waals surface area contributed by atoms with Crippen molar-refractivity contribution in [2.45, 2.75) is 19.5 Å². The highest BCUT2D eigenvalue weighted by Gasteiger charge is 2.43. The number of nitrogens with zero attached hydrogens (tertiary/aromatic N) is 2. The molecule has 1 fully saturated rings. The monoisotopic (exact) mass is 358 g/mol. The number of nitrogens with one attached hydrogen (secondary N) is 2. The van der Waals surface area contributed by atoms with Crippen LogP contribution in [-0.2, 0) is 4.79 Å². The van der Waals surface area contributed by atoms with Crippen LogP contribution in [0.4, 0.5) is 14.6 Å². The first kappa shape index (κ1) is 16.4. The van der Waals surface area contributed by atoms with Gasteiger partial charge in [-0.1, -0.05) is 6.07 Å². The van der Waals surface area contributed by atoms with Crippen LogP contribution in [-0.4, -0.2) is 33.9 Å². The first-order chi connectivity index (χ1) is 12.6. The number of benzene rings is 1. The molecule has 6 nitrogen and oxygen atoms in total. The third-order valence-electron chi connectivity index (χ3n) is 4.24. The van der Waals surface area contributed by atoms with Gasteiger partial charge in [0.05, 0.1) is 23.8 Å². The molecule has 1 aliphatic carbocycles. The number of carbonyl (C=O) groups is 1. The van der Waals surface area contributed by atoms with Crippen molar-refractivity contribution in [1.29, 1.82) is 0 Å². The van der Waals surface area contributed by atoms with Crippen LogP contribution in [0.1, 0.15) is 13.3 Å². The van der Waals surface area contributed by atoms with Crippen LogP contribution in [0.2, 0.25) is 0 Å². The van der Waals surface area contributed by atoms with E-state index in [1.165, 1.54) is 6.07 Å². The van der Waals surface area contributed by atoms with Crippen LogP contribution < -0.4 is 10.1 Å². The van der Waals surface area contributed by atoms with Crippen molar-refractivity contribution in [1.82, 2.24) is 15.2 Å². The number of aromatic nitrogens is 3. The van der Waals surface area contributed by atoms with E-state index >= 15 is 0 Å². The second kappa shape index (κ2) is 6.36. The average Bonchev–Trinajstić information content (AvgIpc) is 3.21. The quantitative estimate of drug-likeness (QED) is 0.732. The van der Waals surface area contributed by atoms with E-state index in [4.69, 9.17) is 4.74 Å². The lowest BCUT2D eigenvalue weighted by Crippen LogP contribution is -2.15. The number of anilines is 1. The number of hydrogen-bond donors (Lipinski definition) is 2. The molecular weight excluding hydrogens is 342 g/mol. The van der Waals surface area contributed by atoms with Crippen molar-refractivity contribution in [2.75, 3.05) is 11.9 Å². The number of carbonyl (C=O) groups excluding carboxylic acids is 1. The molecule has 0 spiro atoms. The molecule has 1 aromatic carbocycles. The molecule has 26 heavy (non-hydrogen) atoms. The summed E-state index contributed by atoms with van der Waals surface area (Å²) in [5, 5.41) is 10.0. The Bertz CT molecular complexity index is 988. The molecule has 1 saturated carbocycles. The van der Waals surface area contributed by atoms with Crippen LogP contribution in [0.25, 0.3) is 22.3 Å². The van der Waals surface area contributed by atoms with E-state index in [0.717, 1.165) is 0 Å². The van der Waals surface area contributed by atoms with Gasteiger partial charge < -0.3 is 10.1 Å². The topological polar surface area (TPSA) is 79.9 Å². The smallest absolute Gasteiger partial charge is 0.231 e. The molecule has 1 amide bonds. The number of halogens is 2. The van der Waals surface area contributed by atoms with E-state index in [2.05, 4.69) is 20.5 Å². The molecule has 8 heteroatoms. The van der Waals surface area contributed by atoms with Crippen molar-refractivity contribution in [3.8, 4) is 17.0 Å². The summed E-state index contributed by atoms with van der Waals surface area (Å²) in [5.74, 6) is -0.764. The minimum Gasteiger partial charge on any atom is -0.493 e. The summed E-state index contributed by atoms with van der Waals surface area (Å²) in [6.07, 6.45) is -0.831. The van der Waals surface area contributed by atoms with Gasteiger partial charge in [-0.2, -0.15) is 5.10 Å². The van der Waals surface area contributed by atoms with Gasteiger partial charge >= 0.3 is 0 Å². The van der Waals surface area contributed by atoms with E-state index in [1.807, 2.05) is 6.92 Å². The Kier molecular flexibility index (Phi) is 4.02. The van der Waals surface area contributed by atoms with E-state index in [1.54, 1.807) is 24.3 Å². The zero-order valence-electron chi connectivity index (χ0n) is 13.9. The number of pyridine rings is 1. The largest absolute Gasteiger partial charge is 0.493 e. The molecule has 0 saturated heterocycles. The molecule has 2 aromatic heterocycles. The summed E-state index contributed by atoms with van der Waals surface area (Å²) in [6, 6.07) is 7.86. The average molecular weight is 358 g/mol. The number of ether oxygens (including phenoxy) is 1. The van der Waals surface area contributed by atoms with Crippen LogP contribution in [0.3, 0.4) is 0 Å². The fourth-order valence-corrected chi connectivity index (χ4v) is 2.84. The van der Waals surface area contributed by atoms with Crippen LogP contribution in [0.15, 0.2) is 30.3 Å². The van der Waals surface area contributed by atoms with Gasteiger partial charge in [-0.3, -0.25) is 9.89 Å². The fourth-order valence-electron chi connectivity index (χ4n) is 2.84. The Hall–Kier alpha value is -3.03. The second-order valence-corrected chi connectivity index (χ2v) is 6.06. The number of rotatable bonds is 5. The zero-order valence-corrected chi connectivity index (χ0v) is 13.9. The summed E-state index contributed by atoms with van der Waals surface area (Å²) in [5.41, 5.74) is 1.03. The van der Waals surface area contributed by atoms with Crippen molar-refractivity contribution < 1.29 is 18.3 Å². The Morgan fingerprint density at radius 1 is 1.38 bits per heavy atom. The molecule has 0 aliphatic heterocycles. The molecule has 1 aliphatic rings. The second-order valence-electron chi connectivity index (χ2n) is 6.06. The number of H-pyrrole nitrogens is 1. The Morgan fingerprint density at radius 3 is 2.92 bits per heavy atom. The van der Waals surface area contributed by atoms with Gasteiger partial charge in [0.1, 0.15) is 23.6 Å². The van der Waals surface area contributed by atoms with Gasteiger partial charge in [0.25, 0.3) is 0 Å². The van der Waals surface area contributed by atoms with E-state index in [-0.39, 0.29) is 17.8 Å². The lowest BCUT2D eigenvalue weighted by atomic mass is 10.1. The summed E-state index contributed by atoms with van der Waals surface area (Å²) < 4.78 is 32.9. The number of hydrogen-bond acceptors (Lipinski definition) is 4. The number of fused-ring (bicyclic) bond motifs is 1. The molecule has 0 radical (unpaired) electrons. The maximum absolute atomic E-state index is 14.4. The van der Waals surface area contributed by atoms with E-state index in [0.29, 0.717) is 29.1 Å². The van der Waals surface area contributed by atoms with E-state index in [9.17, 15) is 13.6 Å². The van der Waals surface area contributed by atoms with Crippen LogP contribution in [0, 0.1) is 11.7 Å². The zero-order chi connectivity index (χ0) is 18.3. The predicted octanol–water partition coefficient (Wildman–Crippen LogP) is 3.46. The normalized spacial score (nSPS) is 18.7. The molecule has 2 heterocycles. The molecule has 2 N–H and O–H groups in total. The molecule has 134 valence electrons. The maximum Gasteiger partial charge on any atom is 0.231 e. The van der Waals surface area contributed by atoms with Gasteiger partial charge in [0.2, 0.25) is 5.91 Å². The van der Waals surface area contributed by atoms with Gasteiger partial charge in [0, 0.05) is 5.39 Å². The van der Waals surface area contributed by atoms with Crippen LogP contribution in [0.5, 0.6) is 5.75 Å².